The second-order valence-electron chi connectivity index (χ2n) is 5.47. The van der Waals surface area contributed by atoms with E-state index < -0.39 is 11.7 Å². The van der Waals surface area contributed by atoms with Crippen molar-refractivity contribution in [2.24, 2.45) is 0 Å². The molecule has 0 aromatic heterocycles. The molecular formula is C14H16BrF3N2. The van der Waals surface area contributed by atoms with Gasteiger partial charge in [-0.25, -0.2) is 0 Å². The molecule has 0 amide bonds. The van der Waals surface area contributed by atoms with Gasteiger partial charge in [0.25, 0.3) is 0 Å². The Balaban J connectivity index is 1.84. The molecule has 2 nitrogen and oxygen atoms in total. The summed E-state index contributed by atoms with van der Waals surface area (Å²) in [6.07, 6.45) is -1.19. The first-order chi connectivity index (χ1) is 9.45. The van der Waals surface area contributed by atoms with Gasteiger partial charge in [0, 0.05) is 28.8 Å². The predicted molar refractivity (Wildman–Crippen MR) is 75.8 cm³/mol. The molecule has 0 bridgehead atoms. The van der Waals surface area contributed by atoms with Crippen LogP contribution in [0.15, 0.2) is 22.7 Å². The minimum Gasteiger partial charge on any atom is -0.380 e. The summed E-state index contributed by atoms with van der Waals surface area (Å²) in [5.74, 6) is 0. The average molecular weight is 349 g/mol. The van der Waals surface area contributed by atoms with Gasteiger partial charge in [0.15, 0.2) is 0 Å². The zero-order valence-corrected chi connectivity index (χ0v) is 12.5. The van der Waals surface area contributed by atoms with Crippen LogP contribution in [0.25, 0.3) is 0 Å². The highest BCUT2D eigenvalue weighted by Crippen LogP contribution is 2.38. The molecule has 2 atom stereocenters. The Bertz CT molecular complexity index is 504. The molecule has 3 rings (SSSR count). The van der Waals surface area contributed by atoms with Crippen molar-refractivity contribution < 1.29 is 13.2 Å². The minimum atomic E-state index is -4.33. The minimum absolute atomic E-state index is 0.125. The molecule has 0 spiro atoms. The van der Waals surface area contributed by atoms with Crippen LogP contribution >= 0.6 is 15.9 Å². The molecule has 1 aromatic carbocycles. The molecule has 2 saturated heterocycles. The van der Waals surface area contributed by atoms with Crippen LogP contribution in [-0.2, 0) is 6.18 Å². The van der Waals surface area contributed by atoms with Gasteiger partial charge in [-0.1, -0.05) is 15.9 Å². The number of nitrogens with zero attached hydrogens (tertiary/aromatic N) is 1. The standard InChI is InChI=1S/C14H16BrF3N2/c15-9-3-4-11(10(8-9)14(16,17)18)19-12-5-7-20-6-1-2-13(12)20/h3-4,8,12-13,19H,1-2,5-7H2. The van der Waals surface area contributed by atoms with E-state index in [1.165, 1.54) is 6.07 Å². The van der Waals surface area contributed by atoms with Crippen LogP contribution in [0.3, 0.4) is 0 Å². The Hall–Kier alpha value is -0.750. The molecule has 1 N–H and O–H groups in total. The zero-order valence-electron chi connectivity index (χ0n) is 10.9. The number of anilines is 1. The molecule has 0 aliphatic carbocycles. The fourth-order valence-corrected chi connectivity index (χ4v) is 3.69. The van der Waals surface area contributed by atoms with E-state index in [1.54, 1.807) is 6.07 Å². The molecule has 0 radical (unpaired) electrons. The zero-order chi connectivity index (χ0) is 14.3. The Kier molecular flexibility index (Phi) is 3.71. The van der Waals surface area contributed by atoms with Gasteiger partial charge in [-0.3, -0.25) is 4.90 Å². The van der Waals surface area contributed by atoms with E-state index in [1.807, 2.05) is 0 Å². The summed E-state index contributed by atoms with van der Waals surface area (Å²) in [7, 11) is 0. The number of hydrogen-bond acceptors (Lipinski definition) is 2. The fourth-order valence-electron chi connectivity index (χ4n) is 3.33. The van der Waals surface area contributed by atoms with Gasteiger partial charge < -0.3 is 5.32 Å². The van der Waals surface area contributed by atoms with Gasteiger partial charge in [0.2, 0.25) is 0 Å². The van der Waals surface area contributed by atoms with Crippen LogP contribution in [0.4, 0.5) is 18.9 Å². The maximum Gasteiger partial charge on any atom is 0.418 e. The summed E-state index contributed by atoms with van der Waals surface area (Å²) in [5, 5.41) is 3.13. The van der Waals surface area contributed by atoms with Crippen molar-refractivity contribution in [3.05, 3.63) is 28.2 Å². The van der Waals surface area contributed by atoms with Crippen molar-refractivity contribution in [2.45, 2.75) is 37.5 Å². The molecule has 2 aliphatic rings. The van der Waals surface area contributed by atoms with Crippen LogP contribution in [0.2, 0.25) is 0 Å². The molecule has 110 valence electrons. The highest BCUT2D eigenvalue weighted by Gasteiger charge is 2.39. The van der Waals surface area contributed by atoms with Crippen molar-refractivity contribution >= 4 is 21.6 Å². The van der Waals surface area contributed by atoms with E-state index >= 15 is 0 Å². The van der Waals surface area contributed by atoms with E-state index in [0.29, 0.717) is 10.5 Å². The van der Waals surface area contributed by atoms with Gasteiger partial charge in [-0.2, -0.15) is 13.2 Å². The van der Waals surface area contributed by atoms with Gasteiger partial charge in [-0.15, -0.1) is 0 Å². The SMILES string of the molecule is FC(F)(F)c1cc(Br)ccc1NC1CCN2CCCC12. The summed E-state index contributed by atoms with van der Waals surface area (Å²) >= 11 is 3.11. The number of fused-ring (bicyclic) bond motifs is 1. The fraction of sp³-hybridized carbons (Fsp3) is 0.571. The quantitative estimate of drug-likeness (QED) is 0.864. The van der Waals surface area contributed by atoms with Crippen molar-refractivity contribution in [2.75, 3.05) is 18.4 Å². The van der Waals surface area contributed by atoms with Crippen LogP contribution in [0, 0.1) is 0 Å². The maximum absolute atomic E-state index is 13.1. The maximum atomic E-state index is 13.1. The lowest BCUT2D eigenvalue weighted by atomic mass is 10.0. The van der Waals surface area contributed by atoms with E-state index in [-0.39, 0.29) is 11.7 Å². The summed E-state index contributed by atoms with van der Waals surface area (Å²) in [4.78, 5) is 2.38. The average Bonchev–Trinajstić information content (AvgIpc) is 2.95. The van der Waals surface area contributed by atoms with E-state index in [2.05, 4.69) is 26.1 Å². The second kappa shape index (κ2) is 5.22. The molecular weight excluding hydrogens is 333 g/mol. The second-order valence-corrected chi connectivity index (χ2v) is 6.39. The van der Waals surface area contributed by atoms with Crippen LogP contribution in [-0.4, -0.2) is 30.1 Å². The van der Waals surface area contributed by atoms with E-state index in [0.717, 1.165) is 38.4 Å². The smallest absolute Gasteiger partial charge is 0.380 e. The first-order valence-electron chi connectivity index (χ1n) is 6.82. The normalized spacial score (nSPS) is 26.8. The van der Waals surface area contributed by atoms with Gasteiger partial charge in [0.05, 0.1) is 5.56 Å². The highest BCUT2D eigenvalue weighted by molar-refractivity contribution is 9.10. The lowest BCUT2D eigenvalue weighted by Crippen LogP contribution is -2.34. The van der Waals surface area contributed by atoms with Crippen molar-refractivity contribution in [3.8, 4) is 0 Å². The molecule has 6 heteroatoms. The summed E-state index contributed by atoms with van der Waals surface area (Å²) < 4.78 is 39.7. The van der Waals surface area contributed by atoms with E-state index in [9.17, 15) is 13.2 Å². The van der Waals surface area contributed by atoms with Crippen molar-refractivity contribution in [3.63, 3.8) is 0 Å². The highest BCUT2D eigenvalue weighted by atomic mass is 79.9. The van der Waals surface area contributed by atoms with Gasteiger partial charge in [0.1, 0.15) is 0 Å². The van der Waals surface area contributed by atoms with Gasteiger partial charge >= 0.3 is 6.18 Å². The number of halogens is 4. The van der Waals surface area contributed by atoms with Crippen LogP contribution < -0.4 is 5.32 Å². The van der Waals surface area contributed by atoms with Gasteiger partial charge in [-0.05, 0) is 44.0 Å². The van der Waals surface area contributed by atoms with Crippen LogP contribution in [0.1, 0.15) is 24.8 Å². The molecule has 2 unspecified atom stereocenters. The molecule has 0 saturated carbocycles. The number of hydrogen-bond donors (Lipinski definition) is 1. The Morgan fingerprint density at radius 1 is 1.20 bits per heavy atom. The Morgan fingerprint density at radius 2 is 2.00 bits per heavy atom. The summed E-state index contributed by atoms with van der Waals surface area (Å²) in [5.41, 5.74) is -0.400. The van der Waals surface area contributed by atoms with Crippen LogP contribution in [0.5, 0.6) is 0 Å². The summed E-state index contributed by atoms with van der Waals surface area (Å²) in [6, 6.07) is 4.83. The number of rotatable bonds is 2. The monoisotopic (exact) mass is 348 g/mol. The molecule has 2 aliphatic heterocycles. The lowest BCUT2D eigenvalue weighted by molar-refractivity contribution is -0.137. The predicted octanol–water partition coefficient (Wildman–Crippen LogP) is 4.12. The lowest BCUT2D eigenvalue weighted by Gasteiger charge is -2.24. The third-order valence-corrected chi connectivity index (χ3v) is 4.73. The third kappa shape index (κ3) is 2.68. The number of nitrogens with one attached hydrogen (secondary N) is 1. The van der Waals surface area contributed by atoms with Crippen molar-refractivity contribution in [1.29, 1.82) is 0 Å². The molecule has 1 aromatic rings. The largest absolute Gasteiger partial charge is 0.418 e. The first-order valence-corrected chi connectivity index (χ1v) is 7.62. The summed E-state index contributed by atoms with van der Waals surface area (Å²) in [6.45, 7) is 2.07. The first kappa shape index (κ1) is 14.2. The molecule has 2 fully saturated rings. The van der Waals surface area contributed by atoms with Crippen molar-refractivity contribution in [1.82, 2.24) is 4.90 Å². The number of benzene rings is 1. The topological polar surface area (TPSA) is 15.3 Å². The third-order valence-electron chi connectivity index (χ3n) is 4.23. The Labute approximate surface area is 124 Å². The molecule has 20 heavy (non-hydrogen) atoms. The molecule has 2 heterocycles. The Morgan fingerprint density at radius 3 is 2.75 bits per heavy atom. The van der Waals surface area contributed by atoms with E-state index in [4.69, 9.17) is 0 Å². The number of alkyl halides is 3.